The highest BCUT2D eigenvalue weighted by Crippen LogP contribution is 2.73. The summed E-state index contributed by atoms with van der Waals surface area (Å²) in [6.45, 7) is 12.6. The van der Waals surface area contributed by atoms with Gasteiger partial charge in [-0.3, -0.25) is 4.79 Å². The summed E-state index contributed by atoms with van der Waals surface area (Å²) in [6, 6.07) is 0. The van der Waals surface area contributed by atoms with Crippen LogP contribution in [-0.4, -0.2) is 46.2 Å². The molecular formula is C23H36O5. The Morgan fingerprint density at radius 1 is 1.04 bits per heavy atom. The van der Waals surface area contributed by atoms with Crippen LogP contribution >= 0.6 is 0 Å². The number of ether oxygens (including phenoxy) is 2. The molecule has 5 rings (SSSR count). The summed E-state index contributed by atoms with van der Waals surface area (Å²) < 4.78 is 12.9. The molecule has 0 aromatic heterocycles. The van der Waals surface area contributed by atoms with Gasteiger partial charge in [0.2, 0.25) is 0 Å². The van der Waals surface area contributed by atoms with Crippen LogP contribution in [-0.2, 0) is 14.3 Å². The van der Waals surface area contributed by atoms with Crippen molar-refractivity contribution in [2.45, 2.75) is 97.4 Å². The zero-order valence-corrected chi connectivity index (χ0v) is 18.1. The van der Waals surface area contributed by atoms with E-state index in [0.29, 0.717) is 6.42 Å². The predicted octanol–water partition coefficient (Wildman–Crippen LogP) is 2.92. The van der Waals surface area contributed by atoms with E-state index >= 15 is 0 Å². The molecule has 1 saturated heterocycles. The van der Waals surface area contributed by atoms with Crippen molar-refractivity contribution in [3.8, 4) is 0 Å². The van der Waals surface area contributed by atoms with E-state index in [0.717, 1.165) is 19.3 Å². The van der Waals surface area contributed by atoms with Crippen molar-refractivity contribution in [2.75, 3.05) is 0 Å². The third kappa shape index (κ3) is 2.00. The molecule has 1 heterocycles. The lowest BCUT2D eigenvalue weighted by molar-refractivity contribution is -0.394. The monoisotopic (exact) mass is 392 g/mol. The first kappa shape index (κ1) is 19.5. The lowest BCUT2D eigenvalue weighted by atomic mass is 9.38. The topological polar surface area (TPSA) is 76.0 Å². The van der Waals surface area contributed by atoms with E-state index in [2.05, 4.69) is 20.8 Å². The maximum atomic E-state index is 13.8. The highest BCUT2D eigenvalue weighted by molar-refractivity contribution is 5.92. The number of rotatable bonds is 0. The van der Waals surface area contributed by atoms with E-state index in [1.54, 1.807) is 0 Å². The van der Waals surface area contributed by atoms with E-state index in [-0.39, 0.29) is 47.1 Å². The molecule has 10 atom stereocenters. The molecule has 0 amide bonds. The number of aliphatic hydroxyl groups excluding tert-OH is 2. The number of hydrogen-bond acceptors (Lipinski definition) is 5. The molecule has 28 heavy (non-hydrogen) atoms. The summed E-state index contributed by atoms with van der Waals surface area (Å²) in [7, 11) is 0. The smallest absolute Gasteiger partial charge is 0.163 e. The Hall–Kier alpha value is -0.490. The van der Waals surface area contributed by atoms with Crippen LogP contribution in [0.2, 0.25) is 0 Å². The quantitative estimate of drug-likeness (QED) is 0.663. The van der Waals surface area contributed by atoms with Crippen LogP contribution in [0.25, 0.3) is 0 Å². The lowest BCUT2D eigenvalue weighted by Crippen LogP contribution is -2.76. The van der Waals surface area contributed by atoms with Gasteiger partial charge in [-0.25, -0.2) is 0 Å². The van der Waals surface area contributed by atoms with Crippen molar-refractivity contribution in [3.63, 3.8) is 0 Å². The number of fused-ring (bicyclic) bond motifs is 2. The highest BCUT2D eigenvalue weighted by Gasteiger charge is 2.80. The molecule has 2 bridgehead atoms. The third-order valence-electron chi connectivity index (χ3n) is 9.72. The number of ketones is 1. The Bertz CT molecular complexity index is 716. The molecule has 5 nitrogen and oxygen atoms in total. The van der Waals surface area contributed by atoms with Gasteiger partial charge in [0.25, 0.3) is 0 Å². The lowest BCUT2D eigenvalue weighted by Gasteiger charge is -2.70. The first-order valence-electron chi connectivity index (χ1n) is 11.1. The SMILES string of the molecule is C[C@@H]1C(=O)[C@@]23[C@@H]4OC(C)(C)O[C@@H]2C[C@@H]2C(C)(C)CC[C@@H](O)[C@@]2(C)[C@@H]3[C@@H](O)C[C@H]14. The van der Waals surface area contributed by atoms with Gasteiger partial charge in [0.15, 0.2) is 5.79 Å². The fraction of sp³-hybridized carbons (Fsp3) is 0.957. The van der Waals surface area contributed by atoms with Crippen molar-refractivity contribution in [2.24, 2.45) is 39.9 Å². The van der Waals surface area contributed by atoms with E-state index < -0.39 is 28.8 Å². The molecule has 1 aliphatic heterocycles. The summed E-state index contributed by atoms with van der Waals surface area (Å²) in [5.41, 5.74) is -1.33. The molecule has 4 aliphatic carbocycles. The second kappa shape index (κ2) is 5.40. The first-order chi connectivity index (χ1) is 12.9. The molecule has 1 spiro atoms. The average Bonchev–Trinajstić information content (AvgIpc) is 2.72. The van der Waals surface area contributed by atoms with Gasteiger partial charge in [-0.05, 0) is 56.8 Å². The van der Waals surface area contributed by atoms with Gasteiger partial charge >= 0.3 is 0 Å². The van der Waals surface area contributed by atoms with E-state index in [1.807, 2.05) is 20.8 Å². The minimum absolute atomic E-state index is 0.0262. The van der Waals surface area contributed by atoms with Crippen molar-refractivity contribution in [1.82, 2.24) is 0 Å². The number of aliphatic hydroxyl groups is 2. The molecule has 0 unspecified atom stereocenters. The fourth-order valence-corrected chi connectivity index (χ4v) is 8.69. The molecule has 5 heteroatoms. The zero-order chi connectivity index (χ0) is 20.4. The average molecular weight is 393 g/mol. The number of carbonyl (C=O) groups excluding carboxylic acids is 1. The Kier molecular flexibility index (Phi) is 3.76. The van der Waals surface area contributed by atoms with Crippen LogP contribution in [0.1, 0.15) is 67.2 Å². The Morgan fingerprint density at radius 2 is 1.71 bits per heavy atom. The van der Waals surface area contributed by atoms with Gasteiger partial charge in [-0.15, -0.1) is 0 Å². The van der Waals surface area contributed by atoms with Gasteiger partial charge < -0.3 is 19.7 Å². The minimum Gasteiger partial charge on any atom is -0.393 e. The third-order valence-corrected chi connectivity index (χ3v) is 9.72. The van der Waals surface area contributed by atoms with E-state index in [9.17, 15) is 15.0 Å². The van der Waals surface area contributed by atoms with Gasteiger partial charge in [-0.1, -0.05) is 27.7 Å². The van der Waals surface area contributed by atoms with Crippen LogP contribution in [0.4, 0.5) is 0 Å². The van der Waals surface area contributed by atoms with Crippen LogP contribution in [0.15, 0.2) is 0 Å². The Balaban J connectivity index is 1.75. The van der Waals surface area contributed by atoms with E-state index in [1.165, 1.54) is 0 Å². The molecule has 0 radical (unpaired) electrons. The Labute approximate surface area is 168 Å². The fourth-order valence-electron chi connectivity index (χ4n) is 8.69. The number of carbonyl (C=O) groups is 1. The number of Topliss-reactive ketones (excluding diaryl/α,β-unsaturated/α-hetero) is 1. The molecule has 4 saturated carbocycles. The summed E-state index contributed by atoms with van der Waals surface area (Å²) in [4.78, 5) is 13.8. The van der Waals surface area contributed by atoms with Crippen molar-refractivity contribution < 1.29 is 24.5 Å². The largest absolute Gasteiger partial charge is 0.393 e. The summed E-state index contributed by atoms with van der Waals surface area (Å²) >= 11 is 0. The van der Waals surface area contributed by atoms with Gasteiger partial charge in [0.1, 0.15) is 5.78 Å². The molecular weight excluding hydrogens is 356 g/mol. The molecule has 5 aliphatic rings. The summed E-state index contributed by atoms with van der Waals surface area (Å²) in [5, 5.41) is 22.7. The van der Waals surface area contributed by atoms with Crippen molar-refractivity contribution in [1.29, 1.82) is 0 Å². The molecule has 2 N–H and O–H groups in total. The summed E-state index contributed by atoms with van der Waals surface area (Å²) in [5.74, 6) is -0.794. The second-order valence-electron chi connectivity index (χ2n) is 11.8. The maximum Gasteiger partial charge on any atom is 0.163 e. The number of hydrogen-bond donors (Lipinski definition) is 2. The molecule has 0 aromatic rings. The van der Waals surface area contributed by atoms with Gasteiger partial charge in [0, 0.05) is 17.3 Å². The first-order valence-corrected chi connectivity index (χ1v) is 11.1. The minimum atomic E-state index is -0.836. The maximum absolute atomic E-state index is 13.8. The standard InChI is InChI=1S/C23H36O5/c1-11-12-9-13(24)17-22(6)14(20(2,3)8-7-15(22)25)10-16-23(17,18(11)26)19(12)28-21(4,5)27-16/h11-17,19,24-25H,7-10H2,1-6H3/t11-,12+,13-,14+,15+,16+,17-,19+,22-,23+/m0/s1. The van der Waals surface area contributed by atoms with Gasteiger partial charge in [-0.2, -0.15) is 0 Å². The van der Waals surface area contributed by atoms with Crippen molar-refractivity contribution >= 4 is 5.78 Å². The predicted molar refractivity (Wildman–Crippen MR) is 103 cm³/mol. The van der Waals surface area contributed by atoms with Crippen molar-refractivity contribution in [3.05, 3.63) is 0 Å². The zero-order valence-electron chi connectivity index (χ0n) is 18.1. The second-order valence-corrected chi connectivity index (χ2v) is 11.8. The van der Waals surface area contributed by atoms with Crippen LogP contribution in [0, 0.1) is 39.9 Å². The molecule has 0 aromatic carbocycles. The molecule has 158 valence electrons. The summed E-state index contributed by atoms with van der Waals surface area (Å²) in [6.07, 6.45) is 1.37. The van der Waals surface area contributed by atoms with Gasteiger partial charge in [0.05, 0.1) is 29.8 Å². The van der Waals surface area contributed by atoms with Crippen LogP contribution in [0.3, 0.4) is 0 Å². The molecule has 5 fully saturated rings. The van der Waals surface area contributed by atoms with Crippen LogP contribution < -0.4 is 0 Å². The van der Waals surface area contributed by atoms with E-state index in [4.69, 9.17) is 9.47 Å². The normalized spacial score (nSPS) is 58.8. The highest BCUT2D eigenvalue weighted by atomic mass is 16.7. The van der Waals surface area contributed by atoms with Crippen LogP contribution in [0.5, 0.6) is 0 Å². The Morgan fingerprint density at radius 3 is 2.39 bits per heavy atom.